The van der Waals surface area contributed by atoms with Gasteiger partial charge in [0.15, 0.2) is 5.70 Å². The van der Waals surface area contributed by atoms with Crippen LogP contribution in [-0.4, -0.2) is 18.5 Å². The van der Waals surface area contributed by atoms with E-state index in [1.165, 1.54) is 11.4 Å². The van der Waals surface area contributed by atoms with Crippen molar-refractivity contribution in [2.75, 3.05) is 13.6 Å². The van der Waals surface area contributed by atoms with Crippen molar-refractivity contribution < 1.29 is 29.3 Å². The zero-order valence-electron chi connectivity index (χ0n) is 6.42. The van der Waals surface area contributed by atoms with Crippen molar-refractivity contribution in [3.05, 3.63) is 35.8 Å². The molecule has 0 spiro atoms. The van der Waals surface area contributed by atoms with Gasteiger partial charge in [0.1, 0.15) is 12.2 Å². The lowest BCUT2D eigenvalue weighted by molar-refractivity contribution is -0.587. The summed E-state index contributed by atoms with van der Waals surface area (Å²) in [5.74, 6) is 0. The molecule has 3 heteroatoms. The predicted octanol–water partition coefficient (Wildman–Crippen LogP) is -3.21. The van der Waals surface area contributed by atoms with Gasteiger partial charge in [-0.1, -0.05) is 0 Å². The quantitative estimate of drug-likeness (QED) is 0.456. The lowest BCUT2D eigenvalue weighted by Gasteiger charge is -2.16. The number of likely N-dealkylation sites (N-methyl/N-ethyl adjacent to an activating group) is 1. The molecule has 0 bridgehead atoms. The zero-order valence-corrected chi connectivity index (χ0v) is 8.58. The standard InChI is InChI=1S/C8H10N2.HI/c1-10-6-2-3-7-8(10)4-5-9-7;/h2-4,6,9H,5H2,1H3;1H. The fourth-order valence-electron chi connectivity index (χ4n) is 1.38. The summed E-state index contributed by atoms with van der Waals surface area (Å²) < 4.78 is 0. The van der Waals surface area contributed by atoms with Crippen LogP contribution in [-0.2, 0) is 0 Å². The van der Waals surface area contributed by atoms with Crippen LogP contribution in [0.5, 0.6) is 0 Å². The third-order valence-electron chi connectivity index (χ3n) is 1.91. The van der Waals surface area contributed by atoms with Crippen molar-refractivity contribution >= 4 is 0 Å². The summed E-state index contributed by atoms with van der Waals surface area (Å²) in [5, 5.41) is 2.25. The van der Waals surface area contributed by atoms with Crippen LogP contribution in [0.3, 0.4) is 0 Å². The summed E-state index contributed by atoms with van der Waals surface area (Å²) >= 11 is 0. The average molecular weight is 262 g/mol. The lowest BCUT2D eigenvalue weighted by atomic mass is 10.2. The number of nitrogens with zero attached hydrogens (tertiary/aromatic N) is 1. The van der Waals surface area contributed by atoms with Gasteiger partial charge in [-0.05, 0) is 12.2 Å². The van der Waals surface area contributed by atoms with E-state index < -0.39 is 0 Å². The van der Waals surface area contributed by atoms with Gasteiger partial charge in [-0.25, -0.2) is 0 Å². The van der Waals surface area contributed by atoms with E-state index in [-0.39, 0.29) is 24.0 Å². The molecule has 0 amide bonds. The van der Waals surface area contributed by atoms with Gasteiger partial charge >= 0.3 is 0 Å². The number of halogens is 1. The highest BCUT2D eigenvalue weighted by Crippen LogP contribution is 2.14. The van der Waals surface area contributed by atoms with E-state index >= 15 is 0 Å². The second-order valence-corrected chi connectivity index (χ2v) is 2.60. The molecule has 0 radical (unpaired) electrons. The molecule has 0 aliphatic carbocycles. The van der Waals surface area contributed by atoms with E-state index in [0.29, 0.717) is 0 Å². The van der Waals surface area contributed by atoms with Crippen molar-refractivity contribution in [2.24, 2.45) is 0 Å². The topological polar surface area (TPSA) is 19.9 Å². The van der Waals surface area contributed by atoms with Crippen molar-refractivity contribution in [1.29, 1.82) is 0 Å². The molecule has 60 valence electrons. The number of nitrogens with two attached hydrogens (primary N) is 1. The van der Waals surface area contributed by atoms with Crippen LogP contribution in [0.15, 0.2) is 35.8 Å². The van der Waals surface area contributed by atoms with Gasteiger partial charge < -0.3 is 34.2 Å². The lowest BCUT2D eigenvalue weighted by Crippen LogP contribution is -3.00. The highest BCUT2D eigenvalue weighted by Gasteiger charge is 2.19. The largest absolute Gasteiger partial charge is 1.00 e. The van der Waals surface area contributed by atoms with Gasteiger partial charge in [-0.3, -0.25) is 0 Å². The highest BCUT2D eigenvalue weighted by molar-refractivity contribution is 5.33. The fourth-order valence-corrected chi connectivity index (χ4v) is 1.38. The minimum absolute atomic E-state index is 0. The van der Waals surface area contributed by atoms with Crippen LogP contribution in [0.25, 0.3) is 0 Å². The molecule has 0 aromatic rings. The SMILES string of the molecule is CN1C=CC=C2[NH2+]CC=C21.[I-]. The molecular weight excluding hydrogens is 251 g/mol. The second kappa shape index (κ2) is 3.40. The molecule has 0 aromatic carbocycles. The van der Waals surface area contributed by atoms with Crippen LogP contribution < -0.4 is 29.3 Å². The second-order valence-electron chi connectivity index (χ2n) is 2.60. The molecule has 2 aliphatic rings. The summed E-state index contributed by atoms with van der Waals surface area (Å²) in [5.41, 5.74) is 2.72. The summed E-state index contributed by atoms with van der Waals surface area (Å²) in [6.07, 6.45) is 8.55. The van der Waals surface area contributed by atoms with Crippen LogP contribution in [0.4, 0.5) is 0 Å². The highest BCUT2D eigenvalue weighted by atomic mass is 127. The fraction of sp³-hybridized carbons (Fsp3) is 0.250. The molecule has 0 atom stereocenters. The normalized spacial score (nSPS) is 20.3. The van der Waals surface area contributed by atoms with Gasteiger partial charge in [-0.15, -0.1) is 0 Å². The number of hydrogen-bond donors (Lipinski definition) is 1. The molecule has 2 nitrogen and oxygen atoms in total. The monoisotopic (exact) mass is 262 g/mol. The first kappa shape index (κ1) is 8.80. The first-order chi connectivity index (χ1) is 4.88. The van der Waals surface area contributed by atoms with E-state index in [1.54, 1.807) is 0 Å². The summed E-state index contributed by atoms with van der Waals surface area (Å²) in [6, 6.07) is 0. The smallest absolute Gasteiger partial charge is 0.153 e. The maximum atomic E-state index is 2.25. The first-order valence-electron chi connectivity index (χ1n) is 3.53. The zero-order chi connectivity index (χ0) is 6.97. The van der Waals surface area contributed by atoms with Crippen LogP contribution in [0.1, 0.15) is 0 Å². The van der Waals surface area contributed by atoms with Crippen LogP contribution in [0.2, 0.25) is 0 Å². The van der Waals surface area contributed by atoms with Crippen LogP contribution in [0, 0.1) is 0 Å². The maximum absolute atomic E-state index is 2.25. The number of fused-ring (bicyclic) bond motifs is 1. The molecule has 2 aliphatic heterocycles. The van der Waals surface area contributed by atoms with Crippen LogP contribution >= 0.6 is 0 Å². The van der Waals surface area contributed by atoms with Crippen molar-refractivity contribution in [3.63, 3.8) is 0 Å². The minimum atomic E-state index is 0. The Morgan fingerprint density at radius 1 is 1.55 bits per heavy atom. The Labute approximate surface area is 83.7 Å². The predicted molar refractivity (Wildman–Crippen MR) is 39.9 cm³/mol. The molecule has 0 saturated heterocycles. The summed E-state index contributed by atoms with van der Waals surface area (Å²) in [6.45, 7) is 1.09. The van der Waals surface area contributed by atoms with E-state index in [2.05, 4.69) is 41.7 Å². The number of rotatable bonds is 0. The van der Waals surface area contributed by atoms with Gasteiger partial charge in [0.2, 0.25) is 0 Å². The maximum Gasteiger partial charge on any atom is 0.153 e. The van der Waals surface area contributed by atoms with Gasteiger partial charge in [-0.2, -0.15) is 0 Å². The van der Waals surface area contributed by atoms with E-state index in [1.807, 2.05) is 0 Å². The molecule has 0 aromatic heterocycles. The Balaban J connectivity index is 0.000000605. The molecule has 11 heavy (non-hydrogen) atoms. The molecule has 0 unspecified atom stereocenters. The Kier molecular flexibility index (Phi) is 2.72. The Hall–Kier alpha value is -0.290. The molecule has 2 N–H and O–H groups in total. The number of quaternary nitrogens is 1. The number of allylic oxidation sites excluding steroid dienone is 2. The van der Waals surface area contributed by atoms with E-state index in [4.69, 9.17) is 0 Å². The van der Waals surface area contributed by atoms with Gasteiger partial charge in [0, 0.05) is 19.3 Å². The summed E-state index contributed by atoms with van der Waals surface area (Å²) in [4.78, 5) is 2.15. The van der Waals surface area contributed by atoms with E-state index in [9.17, 15) is 0 Å². The molecule has 0 saturated carbocycles. The summed E-state index contributed by atoms with van der Waals surface area (Å²) in [7, 11) is 2.08. The molecular formula is C8H11IN2. The Bertz CT molecular complexity index is 240. The molecule has 2 rings (SSSR count). The van der Waals surface area contributed by atoms with Gasteiger partial charge in [0.05, 0.1) is 0 Å². The van der Waals surface area contributed by atoms with E-state index in [0.717, 1.165) is 6.54 Å². The third-order valence-corrected chi connectivity index (χ3v) is 1.91. The Morgan fingerprint density at radius 3 is 3.09 bits per heavy atom. The third kappa shape index (κ3) is 1.49. The van der Waals surface area contributed by atoms with Crippen molar-refractivity contribution in [3.8, 4) is 0 Å². The van der Waals surface area contributed by atoms with Crippen molar-refractivity contribution in [1.82, 2.24) is 4.90 Å². The minimum Gasteiger partial charge on any atom is -1.00 e. The number of hydrogen-bond acceptors (Lipinski definition) is 1. The first-order valence-corrected chi connectivity index (χ1v) is 3.53. The van der Waals surface area contributed by atoms with Gasteiger partial charge in [0.25, 0.3) is 0 Å². The average Bonchev–Trinajstić information content (AvgIpc) is 2.36. The molecule has 2 heterocycles. The molecule has 0 fully saturated rings. The Morgan fingerprint density at radius 2 is 2.36 bits per heavy atom. The van der Waals surface area contributed by atoms with Crippen molar-refractivity contribution in [2.45, 2.75) is 0 Å².